The predicted octanol–water partition coefficient (Wildman–Crippen LogP) is 3.68. The highest BCUT2D eigenvalue weighted by atomic mass is 35.5. The molecule has 0 spiro atoms. The Morgan fingerprint density at radius 2 is 1.94 bits per heavy atom. The maximum Gasteiger partial charge on any atom is 0.258 e. The number of nitrogens with one attached hydrogen (secondary N) is 4. The first kappa shape index (κ1) is 20.5. The van der Waals surface area contributed by atoms with Crippen LogP contribution in [0.4, 0.5) is 27.5 Å². The van der Waals surface area contributed by atoms with Crippen molar-refractivity contribution in [1.29, 1.82) is 0 Å². The van der Waals surface area contributed by atoms with Gasteiger partial charge in [0.15, 0.2) is 0 Å². The fourth-order valence-corrected chi connectivity index (χ4v) is 3.55. The maximum atomic E-state index is 13.1. The normalized spacial score (nSPS) is 15.1. The van der Waals surface area contributed by atoms with Crippen LogP contribution in [0.15, 0.2) is 47.3 Å². The topological polar surface area (TPSA) is 116 Å². The molecule has 0 saturated heterocycles. The molecule has 1 atom stereocenters. The third-order valence-corrected chi connectivity index (χ3v) is 5.07. The van der Waals surface area contributed by atoms with E-state index >= 15 is 0 Å². The average molecular weight is 442 g/mol. The molecule has 10 heteroatoms. The van der Waals surface area contributed by atoms with Crippen molar-refractivity contribution in [2.75, 3.05) is 16.0 Å². The lowest BCUT2D eigenvalue weighted by molar-refractivity contribution is -0.123. The van der Waals surface area contributed by atoms with Gasteiger partial charge in [-0.15, -0.1) is 0 Å². The quantitative estimate of drug-likeness (QED) is 0.493. The highest BCUT2D eigenvalue weighted by Gasteiger charge is 2.35. The second kappa shape index (κ2) is 8.19. The molecule has 1 aliphatic heterocycles. The number of aryl methyl sites for hydroxylation is 1. The highest BCUT2D eigenvalue weighted by Crippen LogP contribution is 2.31. The predicted molar refractivity (Wildman–Crippen MR) is 115 cm³/mol. The van der Waals surface area contributed by atoms with Crippen molar-refractivity contribution in [2.45, 2.75) is 19.3 Å². The summed E-state index contributed by atoms with van der Waals surface area (Å²) >= 11 is 6.17. The molecule has 4 rings (SSSR count). The number of hydrogen-bond donors (Lipinski definition) is 4. The van der Waals surface area contributed by atoms with Gasteiger partial charge in [-0.2, -0.15) is 4.98 Å². The number of carbonyl (C=O) groups is 2. The van der Waals surface area contributed by atoms with Crippen molar-refractivity contribution in [1.82, 2.24) is 9.97 Å². The average Bonchev–Trinajstić information content (AvgIpc) is 2.71. The molecule has 31 heavy (non-hydrogen) atoms. The van der Waals surface area contributed by atoms with Crippen LogP contribution in [0.5, 0.6) is 0 Å². The number of H-pyrrole nitrogens is 1. The van der Waals surface area contributed by atoms with E-state index in [4.69, 9.17) is 11.6 Å². The molecule has 0 unspecified atom stereocenters. The van der Waals surface area contributed by atoms with E-state index in [9.17, 15) is 18.8 Å². The number of nitrogens with zero attached hydrogens (tertiary/aromatic N) is 1. The van der Waals surface area contributed by atoms with Gasteiger partial charge < -0.3 is 16.0 Å². The Bertz CT molecular complexity index is 1240. The van der Waals surface area contributed by atoms with Gasteiger partial charge in [-0.3, -0.25) is 19.4 Å². The zero-order chi connectivity index (χ0) is 22.1. The Balaban J connectivity index is 1.64. The van der Waals surface area contributed by atoms with Crippen LogP contribution in [0.3, 0.4) is 0 Å². The number of aromatic nitrogens is 2. The molecular weight excluding hydrogens is 425 g/mol. The van der Waals surface area contributed by atoms with Crippen LogP contribution < -0.4 is 21.5 Å². The van der Waals surface area contributed by atoms with Gasteiger partial charge in [0.1, 0.15) is 11.6 Å². The number of amides is 2. The van der Waals surface area contributed by atoms with Crippen LogP contribution in [-0.4, -0.2) is 21.8 Å². The Labute approximate surface area is 180 Å². The first-order chi connectivity index (χ1) is 14.8. The zero-order valence-electron chi connectivity index (χ0n) is 16.3. The summed E-state index contributed by atoms with van der Waals surface area (Å²) in [5.41, 5.74) is 1.25. The number of carbonyl (C=O) groups excluding carboxylic acids is 2. The van der Waals surface area contributed by atoms with Crippen LogP contribution >= 0.6 is 11.6 Å². The fraction of sp³-hybridized carbons (Fsp3) is 0.143. The number of aromatic amines is 1. The second-order valence-corrected chi connectivity index (χ2v) is 7.49. The van der Waals surface area contributed by atoms with E-state index in [1.165, 1.54) is 24.3 Å². The number of rotatable bonds is 4. The van der Waals surface area contributed by atoms with Crippen molar-refractivity contribution < 1.29 is 14.0 Å². The Morgan fingerprint density at radius 3 is 2.65 bits per heavy atom. The van der Waals surface area contributed by atoms with Gasteiger partial charge >= 0.3 is 0 Å². The van der Waals surface area contributed by atoms with Crippen LogP contribution in [0.2, 0.25) is 5.02 Å². The van der Waals surface area contributed by atoms with E-state index < -0.39 is 29.1 Å². The molecule has 2 amide bonds. The molecule has 8 nitrogen and oxygen atoms in total. The lowest BCUT2D eigenvalue weighted by atomic mass is 9.92. The van der Waals surface area contributed by atoms with Gasteiger partial charge in [0.2, 0.25) is 17.8 Å². The van der Waals surface area contributed by atoms with Gasteiger partial charge in [-0.05, 0) is 48.9 Å². The summed E-state index contributed by atoms with van der Waals surface area (Å²) in [6.45, 7) is 1.86. The van der Waals surface area contributed by atoms with E-state index in [2.05, 4.69) is 25.9 Å². The van der Waals surface area contributed by atoms with Crippen molar-refractivity contribution in [3.05, 3.63) is 74.8 Å². The summed E-state index contributed by atoms with van der Waals surface area (Å²) in [6, 6.07) is 10.6. The van der Waals surface area contributed by atoms with Crippen molar-refractivity contribution in [2.24, 2.45) is 0 Å². The van der Waals surface area contributed by atoms with Crippen LogP contribution in [-0.2, 0) is 9.59 Å². The molecule has 0 fully saturated rings. The minimum Gasteiger partial charge on any atom is -0.326 e. The largest absolute Gasteiger partial charge is 0.326 e. The highest BCUT2D eigenvalue weighted by molar-refractivity contribution is 6.33. The minimum absolute atomic E-state index is 0.0141. The van der Waals surface area contributed by atoms with E-state index in [0.717, 1.165) is 5.56 Å². The molecule has 2 heterocycles. The van der Waals surface area contributed by atoms with Crippen LogP contribution in [0.25, 0.3) is 0 Å². The molecule has 1 aliphatic rings. The summed E-state index contributed by atoms with van der Waals surface area (Å²) in [6.07, 6.45) is -0.211. The molecule has 4 N–H and O–H groups in total. The zero-order valence-corrected chi connectivity index (χ0v) is 17.0. The van der Waals surface area contributed by atoms with E-state index in [0.29, 0.717) is 16.4 Å². The number of benzene rings is 2. The number of hydrogen-bond acceptors (Lipinski definition) is 5. The number of anilines is 4. The molecule has 1 aromatic heterocycles. The summed E-state index contributed by atoms with van der Waals surface area (Å²) in [5.74, 6) is -2.43. The summed E-state index contributed by atoms with van der Waals surface area (Å²) in [4.78, 5) is 44.6. The van der Waals surface area contributed by atoms with Crippen LogP contribution in [0, 0.1) is 12.7 Å². The molecular formula is C21H17ClFN5O3. The molecule has 158 valence electrons. The standard InChI is InChI=1S/C21H17ClFN5O3/c1-10-2-7-15(14(22)8-10)25-19(30)13-9-16(29)26-18-17(13)20(31)28-21(27-18)24-12-5-3-11(23)4-6-12/h2-8,13H,9H2,1H3,(H,25,30)(H3,24,26,27,28,29,31)/t13-/m1/s1. The van der Waals surface area contributed by atoms with Crippen LogP contribution in [0.1, 0.15) is 23.5 Å². The molecule has 2 aromatic carbocycles. The van der Waals surface area contributed by atoms with E-state index in [1.807, 2.05) is 6.92 Å². The summed E-state index contributed by atoms with van der Waals surface area (Å²) in [5, 5.41) is 8.38. The van der Waals surface area contributed by atoms with Gasteiger partial charge in [0.25, 0.3) is 5.56 Å². The van der Waals surface area contributed by atoms with Gasteiger partial charge in [0.05, 0.1) is 22.2 Å². The van der Waals surface area contributed by atoms with E-state index in [-0.39, 0.29) is 23.8 Å². The molecule has 0 bridgehead atoms. The maximum absolute atomic E-state index is 13.1. The number of fused-ring (bicyclic) bond motifs is 1. The Hall–Kier alpha value is -3.72. The second-order valence-electron chi connectivity index (χ2n) is 7.09. The SMILES string of the molecule is Cc1ccc(NC(=O)[C@@H]2CC(=O)Nc3nc(Nc4ccc(F)cc4)[nH]c(=O)c32)c(Cl)c1. The first-order valence-electron chi connectivity index (χ1n) is 9.34. The molecule has 0 saturated carbocycles. The molecule has 0 radical (unpaired) electrons. The Kier molecular flexibility index (Phi) is 5.43. The van der Waals surface area contributed by atoms with Crippen molar-refractivity contribution >= 4 is 46.6 Å². The van der Waals surface area contributed by atoms with Crippen molar-refractivity contribution in [3.63, 3.8) is 0 Å². The number of halogens is 2. The lowest BCUT2D eigenvalue weighted by Crippen LogP contribution is -2.36. The Morgan fingerprint density at radius 1 is 1.19 bits per heavy atom. The smallest absolute Gasteiger partial charge is 0.258 e. The summed E-state index contributed by atoms with van der Waals surface area (Å²) in [7, 11) is 0. The molecule has 0 aliphatic carbocycles. The van der Waals surface area contributed by atoms with Crippen molar-refractivity contribution in [3.8, 4) is 0 Å². The summed E-state index contributed by atoms with van der Waals surface area (Å²) < 4.78 is 13.1. The first-order valence-corrected chi connectivity index (χ1v) is 9.71. The fourth-order valence-electron chi connectivity index (χ4n) is 3.27. The van der Waals surface area contributed by atoms with Gasteiger partial charge in [-0.1, -0.05) is 17.7 Å². The third kappa shape index (κ3) is 4.41. The minimum atomic E-state index is -1.04. The monoisotopic (exact) mass is 441 g/mol. The lowest BCUT2D eigenvalue weighted by Gasteiger charge is -2.24. The third-order valence-electron chi connectivity index (χ3n) is 4.76. The molecule has 3 aromatic rings. The van der Waals surface area contributed by atoms with E-state index in [1.54, 1.807) is 18.2 Å². The van der Waals surface area contributed by atoms with Gasteiger partial charge in [-0.25, -0.2) is 4.39 Å². The van der Waals surface area contributed by atoms with Gasteiger partial charge in [0, 0.05) is 12.1 Å².